The Kier molecular flexibility index (Phi) is 9.64. The van der Waals surface area contributed by atoms with Crippen molar-refractivity contribution in [1.82, 2.24) is 0 Å². The van der Waals surface area contributed by atoms with Crippen molar-refractivity contribution < 1.29 is 26.3 Å². The molecule has 2 aliphatic rings. The first-order chi connectivity index (χ1) is 18.1. The minimum atomic E-state index is -4.69. The summed E-state index contributed by atoms with van der Waals surface area (Å²) < 4.78 is 80.6. The minimum absolute atomic E-state index is 0.0204. The second kappa shape index (κ2) is 12.7. The summed E-state index contributed by atoms with van der Waals surface area (Å²) in [7, 11) is 0. The zero-order valence-corrected chi connectivity index (χ0v) is 22.1. The molecule has 0 amide bonds. The maximum absolute atomic E-state index is 14.9. The molecule has 2 aromatic rings. The summed E-state index contributed by atoms with van der Waals surface area (Å²) in [5, 5.41) is 0. The molecule has 0 saturated heterocycles. The average Bonchev–Trinajstić information content (AvgIpc) is 2.87. The van der Waals surface area contributed by atoms with Crippen LogP contribution in [0, 0.1) is 41.1 Å². The molecule has 0 bridgehead atoms. The standard InChI is InChI=1S/C32H38F6/c1-2-3-21-6-11-24(12-7-21)25-13-8-22(9-14-25)4-5-23-10-15-27(29(33)18-23)26-19-30(34)28(31(35)20-26)16-17-32(36,37)38/h10,15-22,24-25H,2-9,11-14H2,1H3. The van der Waals surface area contributed by atoms with Crippen LogP contribution in [0.4, 0.5) is 26.3 Å². The van der Waals surface area contributed by atoms with Crippen LogP contribution in [0.1, 0.15) is 88.7 Å². The number of halogens is 6. The lowest BCUT2D eigenvalue weighted by Gasteiger charge is -2.38. The van der Waals surface area contributed by atoms with E-state index >= 15 is 0 Å². The number of alkyl halides is 3. The summed E-state index contributed by atoms with van der Waals surface area (Å²) in [6.07, 6.45) is 10.5. The largest absolute Gasteiger partial charge is 0.409 e. The van der Waals surface area contributed by atoms with Gasteiger partial charge in [0.2, 0.25) is 0 Å². The van der Waals surface area contributed by atoms with E-state index in [1.54, 1.807) is 6.07 Å². The highest BCUT2D eigenvalue weighted by Gasteiger charge is 2.30. The Morgan fingerprint density at radius 3 is 1.79 bits per heavy atom. The van der Waals surface area contributed by atoms with Crippen molar-refractivity contribution in [2.45, 2.75) is 90.1 Å². The molecule has 0 heterocycles. The molecule has 0 atom stereocenters. The molecule has 208 valence electrons. The monoisotopic (exact) mass is 536 g/mol. The molecule has 2 saturated carbocycles. The van der Waals surface area contributed by atoms with E-state index in [1.807, 2.05) is 0 Å². The quantitative estimate of drug-likeness (QED) is 0.294. The molecule has 2 fully saturated rings. The van der Waals surface area contributed by atoms with Crippen LogP contribution in [-0.2, 0) is 6.42 Å². The summed E-state index contributed by atoms with van der Waals surface area (Å²) in [6.45, 7) is 2.28. The van der Waals surface area contributed by atoms with E-state index in [1.165, 1.54) is 76.3 Å². The van der Waals surface area contributed by atoms with Gasteiger partial charge in [0.1, 0.15) is 17.5 Å². The van der Waals surface area contributed by atoms with Crippen molar-refractivity contribution in [3.8, 4) is 11.1 Å². The van der Waals surface area contributed by atoms with Crippen LogP contribution in [-0.4, -0.2) is 6.18 Å². The molecule has 0 aromatic heterocycles. The Labute approximate surface area is 222 Å². The first kappa shape index (κ1) is 28.8. The van der Waals surface area contributed by atoms with E-state index in [2.05, 4.69) is 6.92 Å². The molecule has 2 aromatic carbocycles. The van der Waals surface area contributed by atoms with Crippen LogP contribution >= 0.6 is 0 Å². The van der Waals surface area contributed by atoms with E-state index < -0.39 is 29.2 Å². The predicted octanol–water partition coefficient (Wildman–Crippen LogP) is 10.7. The average molecular weight is 537 g/mol. The highest BCUT2D eigenvalue weighted by molar-refractivity contribution is 5.67. The molecule has 0 radical (unpaired) electrons. The van der Waals surface area contributed by atoms with Gasteiger partial charge in [-0.2, -0.15) is 13.2 Å². The van der Waals surface area contributed by atoms with Crippen LogP contribution in [0.15, 0.2) is 36.4 Å². The van der Waals surface area contributed by atoms with Crippen LogP contribution < -0.4 is 0 Å². The van der Waals surface area contributed by atoms with Crippen LogP contribution in [0.25, 0.3) is 17.2 Å². The zero-order valence-electron chi connectivity index (χ0n) is 22.1. The van der Waals surface area contributed by atoms with Gasteiger partial charge in [-0.25, -0.2) is 13.2 Å². The molecule has 4 rings (SSSR count). The Bertz CT molecular complexity index is 1060. The minimum Gasteiger partial charge on any atom is -0.206 e. The molecule has 38 heavy (non-hydrogen) atoms. The van der Waals surface area contributed by atoms with E-state index in [4.69, 9.17) is 0 Å². The van der Waals surface area contributed by atoms with E-state index in [9.17, 15) is 26.3 Å². The first-order valence-corrected chi connectivity index (χ1v) is 14.2. The van der Waals surface area contributed by atoms with Crippen LogP contribution in [0.5, 0.6) is 0 Å². The van der Waals surface area contributed by atoms with Gasteiger partial charge in [-0.05, 0) is 97.6 Å². The normalized spacial score (nSPS) is 24.7. The van der Waals surface area contributed by atoms with Crippen molar-refractivity contribution in [3.05, 3.63) is 65.0 Å². The smallest absolute Gasteiger partial charge is 0.206 e. The fraction of sp³-hybridized carbons (Fsp3) is 0.562. The molecule has 0 unspecified atom stereocenters. The van der Waals surface area contributed by atoms with Gasteiger partial charge in [-0.1, -0.05) is 57.6 Å². The van der Waals surface area contributed by atoms with Crippen LogP contribution in [0.2, 0.25) is 0 Å². The molecular weight excluding hydrogens is 498 g/mol. The van der Waals surface area contributed by atoms with Crippen molar-refractivity contribution in [1.29, 1.82) is 0 Å². The summed E-state index contributed by atoms with van der Waals surface area (Å²) in [6, 6.07) is 6.41. The third kappa shape index (κ3) is 7.66. The Morgan fingerprint density at radius 1 is 0.737 bits per heavy atom. The lowest BCUT2D eigenvalue weighted by atomic mass is 9.68. The highest BCUT2D eigenvalue weighted by Crippen LogP contribution is 2.43. The fourth-order valence-corrected chi connectivity index (χ4v) is 6.70. The lowest BCUT2D eigenvalue weighted by molar-refractivity contribution is -0.0790. The number of benzene rings is 2. The Balaban J connectivity index is 1.30. The number of allylic oxidation sites excluding steroid dienone is 1. The fourth-order valence-electron chi connectivity index (χ4n) is 6.70. The molecular formula is C32H38F6. The van der Waals surface area contributed by atoms with Gasteiger partial charge in [0.05, 0.1) is 0 Å². The van der Waals surface area contributed by atoms with Gasteiger partial charge in [-0.3, -0.25) is 0 Å². The lowest BCUT2D eigenvalue weighted by Crippen LogP contribution is -2.26. The first-order valence-electron chi connectivity index (χ1n) is 14.2. The number of rotatable bonds is 8. The molecule has 2 aliphatic carbocycles. The Morgan fingerprint density at radius 2 is 1.29 bits per heavy atom. The summed E-state index contributed by atoms with van der Waals surface area (Å²) in [5.74, 6) is 0.407. The maximum Gasteiger partial charge on any atom is 0.409 e. The molecule has 0 spiro atoms. The van der Waals surface area contributed by atoms with Gasteiger partial charge in [0.15, 0.2) is 0 Å². The topological polar surface area (TPSA) is 0 Å². The van der Waals surface area contributed by atoms with Gasteiger partial charge in [0.25, 0.3) is 0 Å². The summed E-state index contributed by atoms with van der Waals surface area (Å²) in [4.78, 5) is 0. The zero-order chi connectivity index (χ0) is 27.3. The van der Waals surface area contributed by atoms with Crippen molar-refractivity contribution in [2.24, 2.45) is 23.7 Å². The molecule has 0 nitrogen and oxygen atoms in total. The number of hydrogen-bond acceptors (Lipinski definition) is 0. The summed E-state index contributed by atoms with van der Waals surface area (Å²) >= 11 is 0. The molecule has 0 aliphatic heterocycles. The third-order valence-corrected chi connectivity index (χ3v) is 8.85. The van der Waals surface area contributed by atoms with Crippen molar-refractivity contribution in [3.63, 3.8) is 0 Å². The van der Waals surface area contributed by atoms with Gasteiger partial charge in [-0.15, -0.1) is 0 Å². The van der Waals surface area contributed by atoms with Gasteiger partial charge >= 0.3 is 6.18 Å². The van der Waals surface area contributed by atoms with Crippen LogP contribution in [0.3, 0.4) is 0 Å². The second-order valence-corrected chi connectivity index (χ2v) is 11.4. The third-order valence-electron chi connectivity index (χ3n) is 8.85. The van der Waals surface area contributed by atoms with E-state index in [0.29, 0.717) is 12.0 Å². The maximum atomic E-state index is 14.9. The molecule has 0 N–H and O–H groups in total. The molecule has 6 heteroatoms. The van der Waals surface area contributed by atoms with Crippen molar-refractivity contribution in [2.75, 3.05) is 0 Å². The Hall–Kier alpha value is -2.24. The number of hydrogen-bond donors (Lipinski definition) is 0. The van der Waals surface area contributed by atoms with E-state index in [0.717, 1.165) is 48.3 Å². The highest BCUT2D eigenvalue weighted by atomic mass is 19.4. The van der Waals surface area contributed by atoms with Gasteiger partial charge in [0, 0.05) is 17.2 Å². The SMILES string of the molecule is CCCC1CCC(C2CCC(CCc3ccc(-c4cc(F)c(C=CC(F)(F)F)c(F)c4)c(F)c3)CC2)CC1. The second-order valence-electron chi connectivity index (χ2n) is 11.4. The predicted molar refractivity (Wildman–Crippen MR) is 141 cm³/mol. The van der Waals surface area contributed by atoms with E-state index in [-0.39, 0.29) is 17.2 Å². The van der Waals surface area contributed by atoms with Gasteiger partial charge < -0.3 is 0 Å². The number of aryl methyl sites for hydroxylation is 1. The summed E-state index contributed by atoms with van der Waals surface area (Å²) in [5.41, 5.74) is 0.0117. The van der Waals surface area contributed by atoms with Crippen molar-refractivity contribution >= 4 is 6.08 Å².